The number of aromatic nitrogens is 5. The van der Waals surface area contributed by atoms with E-state index in [1.54, 1.807) is 34.5 Å². The summed E-state index contributed by atoms with van der Waals surface area (Å²) in [5.74, 6) is 0. The van der Waals surface area contributed by atoms with Crippen molar-refractivity contribution in [3.63, 3.8) is 0 Å². The topological polar surface area (TPSA) is 73.6 Å². The van der Waals surface area contributed by atoms with Crippen molar-refractivity contribution >= 4 is 32.7 Å². The Labute approximate surface area is 199 Å². The second-order valence-electron chi connectivity index (χ2n) is 8.05. The van der Waals surface area contributed by atoms with Crippen LogP contribution >= 0.6 is 11.3 Å². The van der Waals surface area contributed by atoms with Crippen LogP contribution in [0.15, 0.2) is 90.1 Å². The Bertz CT molecular complexity index is 1720. The molecule has 164 valence electrons. The van der Waals surface area contributed by atoms with Gasteiger partial charge in [0.25, 0.3) is 5.56 Å². The summed E-state index contributed by atoms with van der Waals surface area (Å²) < 4.78 is 2.81. The van der Waals surface area contributed by atoms with Crippen molar-refractivity contribution in [2.75, 3.05) is 0 Å². The molecule has 0 atom stereocenters. The monoisotopic (exact) mass is 461 g/mol. The van der Waals surface area contributed by atoms with Gasteiger partial charge in [-0.25, -0.2) is 15.0 Å². The van der Waals surface area contributed by atoms with E-state index < -0.39 is 0 Å². The standard InChI is InChI=1S/C27H19N5OS/c1-17-30-22-10-9-20(15-25(22)34-17)19-6-2-7-21(14-19)32-26-23(8-4-12-29-26)31-24(27(32)33)13-18-5-3-11-28-16-18/h2-12,14-16H,13H2,1H3. The van der Waals surface area contributed by atoms with Crippen LogP contribution in [0.1, 0.15) is 16.3 Å². The van der Waals surface area contributed by atoms with Gasteiger partial charge in [0, 0.05) is 25.0 Å². The molecule has 0 fully saturated rings. The zero-order chi connectivity index (χ0) is 23.1. The van der Waals surface area contributed by atoms with Gasteiger partial charge in [-0.1, -0.05) is 24.3 Å². The highest BCUT2D eigenvalue weighted by Crippen LogP contribution is 2.29. The first kappa shape index (κ1) is 20.4. The molecule has 6 nitrogen and oxygen atoms in total. The summed E-state index contributed by atoms with van der Waals surface area (Å²) in [5, 5.41) is 1.04. The minimum Gasteiger partial charge on any atom is -0.267 e. The number of aryl methyl sites for hydroxylation is 1. The molecule has 0 spiro atoms. The summed E-state index contributed by atoms with van der Waals surface area (Å²) in [4.78, 5) is 31.5. The average Bonchev–Trinajstić information content (AvgIpc) is 3.24. The maximum Gasteiger partial charge on any atom is 0.278 e. The molecule has 0 N–H and O–H groups in total. The lowest BCUT2D eigenvalue weighted by atomic mass is 10.0. The van der Waals surface area contributed by atoms with Crippen LogP contribution in [0.25, 0.3) is 38.2 Å². The third kappa shape index (κ3) is 3.66. The lowest BCUT2D eigenvalue weighted by Crippen LogP contribution is -2.25. The molecule has 0 aliphatic carbocycles. The molecule has 0 unspecified atom stereocenters. The van der Waals surface area contributed by atoms with E-state index in [9.17, 15) is 4.79 Å². The SMILES string of the molecule is Cc1nc2ccc(-c3cccc(-n4c(=O)c(Cc5cccnc5)nc5cccnc54)c3)cc2s1. The average molecular weight is 462 g/mol. The van der Waals surface area contributed by atoms with Gasteiger partial charge in [-0.05, 0) is 66.1 Å². The highest BCUT2D eigenvalue weighted by molar-refractivity contribution is 7.18. The smallest absolute Gasteiger partial charge is 0.267 e. The van der Waals surface area contributed by atoms with E-state index in [-0.39, 0.29) is 5.56 Å². The molecule has 6 aromatic rings. The Morgan fingerprint density at radius 1 is 0.882 bits per heavy atom. The van der Waals surface area contributed by atoms with Crippen molar-refractivity contribution in [1.82, 2.24) is 24.5 Å². The number of hydrogen-bond acceptors (Lipinski definition) is 6. The first-order valence-corrected chi connectivity index (χ1v) is 11.7. The van der Waals surface area contributed by atoms with Gasteiger partial charge >= 0.3 is 0 Å². The fourth-order valence-corrected chi connectivity index (χ4v) is 5.03. The molecule has 0 saturated carbocycles. The van der Waals surface area contributed by atoms with Crippen molar-refractivity contribution < 1.29 is 0 Å². The minimum absolute atomic E-state index is 0.180. The Morgan fingerprint density at radius 3 is 2.65 bits per heavy atom. The summed E-state index contributed by atoms with van der Waals surface area (Å²) in [7, 11) is 0. The number of benzene rings is 2. The summed E-state index contributed by atoms with van der Waals surface area (Å²) in [6.45, 7) is 2.02. The summed E-state index contributed by atoms with van der Waals surface area (Å²) in [6.07, 6.45) is 5.57. The van der Waals surface area contributed by atoms with Gasteiger partial charge in [0.2, 0.25) is 0 Å². The molecule has 6 rings (SSSR count). The van der Waals surface area contributed by atoms with Crippen LogP contribution in [0.2, 0.25) is 0 Å². The molecule has 0 bridgehead atoms. The van der Waals surface area contributed by atoms with Crippen LogP contribution < -0.4 is 5.56 Å². The van der Waals surface area contributed by atoms with E-state index >= 15 is 0 Å². The van der Waals surface area contributed by atoms with Crippen LogP contribution in [0.3, 0.4) is 0 Å². The van der Waals surface area contributed by atoms with Gasteiger partial charge in [0.15, 0.2) is 5.65 Å². The van der Waals surface area contributed by atoms with Crippen LogP contribution in [-0.4, -0.2) is 24.5 Å². The number of nitrogens with zero attached hydrogens (tertiary/aromatic N) is 5. The van der Waals surface area contributed by atoms with Crippen molar-refractivity contribution in [3.05, 3.63) is 112 Å². The highest BCUT2D eigenvalue weighted by Gasteiger charge is 2.15. The normalized spacial score (nSPS) is 11.3. The maximum absolute atomic E-state index is 13.6. The van der Waals surface area contributed by atoms with Crippen molar-refractivity contribution in [3.8, 4) is 16.8 Å². The van der Waals surface area contributed by atoms with Crippen molar-refractivity contribution in [2.24, 2.45) is 0 Å². The van der Waals surface area contributed by atoms with E-state index in [2.05, 4.69) is 38.1 Å². The fraction of sp³-hybridized carbons (Fsp3) is 0.0741. The molecule has 4 heterocycles. The van der Waals surface area contributed by atoms with Gasteiger partial charge in [0.1, 0.15) is 11.2 Å². The van der Waals surface area contributed by atoms with E-state index in [4.69, 9.17) is 0 Å². The van der Waals surface area contributed by atoms with Gasteiger partial charge in [-0.15, -0.1) is 11.3 Å². The highest BCUT2D eigenvalue weighted by atomic mass is 32.1. The molecule has 7 heteroatoms. The number of thiazole rings is 1. The molecule has 0 saturated heterocycles. The van der Waals surface area contributed by atoms with Gasteiger partial charge in [-0.3, -0.25) is 14.3 Å². The molecule has 0 aliphatic heterocycles. The zero-order valence-electron chi connectivity index (χ0n) is 18.3. The minimum atomic E-state index is -0.180. The molecular formula is C27H19N5OS. The number of fused-ring (bicyclic) bond motifs is 2. The maximum atomic E-state index is 13.6. The Hall–Kier alpha value is -4.23. The van der Waals surface area contributed by atoms with Gasteiger partial charge in [0.05, 0.1) is 20.9 Å². The molecule has 0 amide bonds. The molecule has 34 heavy (non-hydrogen) atoms. The fourth-order valence-electron chi connectivity index (χ4n) is 4.16. The molecule has 4 aromatic heterocycles. The second-order valence-corrected chi connectivity index (χ2v) is 9.28. The van der Waals surface area contributed by atoms with E-state index in [0.29, 0.717) is 23.3 Å². The van der Waals surface area contributed by atoms with E-state index in [0.717, 1.165) is 37.6 Å². The predicted molar refractivity (Wildman–Crippen MR) is 136 cm³/mol. The van der Waals surface area contributed by atoms with E-state index in [1.165, 1.54) is 0 Å². The quantitative estimate of drug-likeness (QED) is 0.354. The van der Waals surface area contributed by atoms with E-state index in [1.807, 2.05) is 55.5 Å². The largest absolute Gasteiger partial charge is 0.278 e. The van der Waals surface area contributed by atoms with Crippen molar-refractivity contribution in [2.45, 2.75) is 13.3 Å². The Kier molecular flexibility index (Phi) is 4.96. The Balaban J connectivity index is 1.52. The van der Waals surface area contributed by atoms with Crippen LogP contribution in [0.5, 0.6) is 0 Å². The lowest BCUT2D eigenvalue weighted by Gasteiger charge is -2.13. The first-order valence-electron chi connectivity index (χ1n) is 10.9. The van der Waals surface area contributed by atoms with Gasteiger partial charge < -0.3 is 0 Å². The number of hydrogen-bond donors (Lipinski definition) is 0. The summed E-state index contributed by atoms with van der Waals surface area (Å²) in [5.41, 5.74) is 6.27. The predicted octanol–water partition coefficient (Wildman–Crippen LogP) is 5.35. The van der Waals surface area contributed by atoms with Crippen LogP contribution in [-0.2, 0) is 6.42 Å². The number of pyridine rings is 2. The number of rotatable bonds is 4. The zero-order valence-corrected chi connectivity index (χ0v) is 19.2. The summed E-state index contributed by atoms with van der Waals surface area (Å²) >= 11 is 1.68. The second kappa shape index (κ2) is 8.28. The van der Waals surface area contributed by atoms with Crippen molar-refractivity contribution in [1.29, 1.82) is 0 Å². The molecular weight excluding hydrogens is 442 g/mol. The third-order valence-electron chi connectivity index (χ3n) is 5.71. The Morgan fingerprint density at radius 2 is 1.76 bits per heavy atom. The molecule has 0 radical (unpaired) electrons. The summed E-state index contributed by atoms with van der Waals surface area (Å²) in [6, 6.07) is 21.8. The first-order chi connectivity index (χ1) is 16.7. The molecule has 2 aromatic carbocycles. The molecule has 0 aliphatic rings. The third-order valence-corrected chi connectivity index (χ3v) is 6.64. The lowest BCUT2D eigenvalue weighted by molar-refractivity contribution is 0.925. The van der Waals surface area contributed by atoms with Gasteiger partial charge in [-0.2, -0.15) is 0 Å². The van der Waals surface area contributed by atoms with Crippen LogP contribution in [0.4, 0.5) is 0 Å². The van der Waals surface area contributed by atoms with Crippen LogP contribution in [0, 0.1) is 6.92 Å².